The number of guanidine groups is 1. The average Bonchev–Trinajstić information content (AvgIpc) is 3.15. The van der Waals surface area contributed by atoms with E-state index >= 15 is 0 Å². The molecule has 0 bridgehead atoms. The maximum atomic E-state index is 5.74. The molecule has 1 aliphatic rings. The van der Waals surface area contributed by atoms with Gasteiger partial charge in [-0.05, 0) is 43.4 Å². The molecule has 160 valence electrons. The van der Waals surface area contributed by atoms with Gasteiger partial charge in [-0.1, -0.05) is 26.0 Å². The molecule has 3 rings (SSSR count). The molecule has 2 aromatic rings. The highest BCUT2D eigenvalue weighted by Crippen LogP contribution is 2.14. The fraction of sp³-hybridized carbons (Fsp3) is 0.571. The minimum atomic E-state index is 0. The Kier molecular flexibility index (Phi) is 9.69. The summed E-state index contributed by atoms with van der Waals surface area (Å²) in [5, 5.41) is 11.2. The van der Waals surface area contributed by atoms with Crippen molar-refractivity contribution < 1.29 is 4.74 Å². The molecular weight excluding hydrogens is 479 g/mol. The van der Waals surface area contributed by atoms with Crippen LogP contribution in [0.25, 0.3) is 0 Å². The van der Waals surface area contributed by atoms with Crippen molar-refractivity contribution in [2.75, 3.05) is 19.7 Å². The summed E-state index contributed by atoms with van der Waals surface area (Å²) in [6, 6.07) is 8.66. The number of halogens is 1. The smallest absolute Gasteiger partial charge is 0.191 e. The number of rotatable bonds is 8. The highest BCUT2D eigenvalue weighted by atomic mass is 127. The lowest BCUT2D eigenvalue weighted by atomic mass is 10.1. The second kappa shape index (κ2) is 12.0. The first kappa shape index (κ1) is 23.4. The number of aromatic nitrogens is 3. The second-order valence-electron chi connectivity index (χ2n) is 7.60. The van der Waals surface area contributed by atoms with Gasteiger partial charge in [0.1, 0.15) is 17.9 Å². The molecule has 0 fully saturated rings. The van der Waals surface area contributed by atoms with E-state index < -0.39 is 0 Å². The lowest BCUT2D eigenvalue weighted by Crippen LogP contribution is -2.47. The maximum absolute atomic E-state index is 5.74. The van der Waals surface area contributed by atoms with Gasteiger partial charge >= 0.3 is 0 Å². The first-order valence-electron chi connectivity index (χ1n) is 10.3. The van der Waals surface area contributed by atoms with Gasteiger partial charge in [0, 0.05) is 25.6 Å². The molecule has 7 nitrogen and oxygen atoms in total. The van der Waals surface area contributed by atoms with Gasteiger partial charge in [-0.15, -0.1) is 24.0 Å². The van der Waals surface area contributed by atoms with E-state index in [-0.39, 0.29) is 24.0 Å². The summed E-state index contributed by atoms with van der Waals surface area (Å²) < 4.78 is 7.72. The van der Waals surface area contributed by atoms with Crippen LogP contribution in [0.1, 0.15) is 38.6 Å². The number of hydrogen-bond donors (Lipinski definition) is 2. The Bertz CT molecular complexity index is 759. The monoisotopic (exact) mass is 512 g/mol. The molecule has 2 heterocycles. The molecule has 1 aromatic carbocycles. The molecule has 0 spiro atoms. The van der Waals surface area contributed by atoms with E-state index in [0.717, 1.165) is 63.0 Å². The van der Waals surface area contributed by atoms with Crippen LogP contribution in [0.2, 0.25) is 0 Å². The predicted molar refractivity (Wildman–Crippen MR) is 127 cm³/mol. The number of nitrogens with zero attached hydrogens (tertiary/aromatic N) is 4. The molecule has 1 atom stereocenters. The van der Waals surface area contributed by atoms with Crippen LogP contribution in [0, 0.1) is 5.92 Å². The standard InChI is InChI=1S/C21H32N6O.HI/c1-4-22-21(26-18-7-10-20-24-15-25-27(20)13-18)23-12-11-17-5-8-19(9-6-17)28-14-16(2)3;/h5-6,8-9,15-16,18H,4,7,10-14H2,1-3H3,(H2,22,23,26);1H. The first-order valence-corrected chi connectivity index (χ1v) is 10.3. The minimum absolute atomic E-state index is 0. The van der Waals surface area contributed by atoms with Crippen LogP contribution in [0.5, 0.6) is 5.75 Å². The molecule has 2 N–H and O–H groups in total. The normalized spacial score (nSPS) is 16.1. The summed E-state index contributed by atoms with van der Waals surface area (Å²) in [5.41, 5.74) is 1.27. The number of aliphatic imine (C=N–C) groups is 1. The van der Waals surface area contributed by atoms with Crippen molar-refractivity contribution in [3.8, 4) is 5.75 Å². The van der Waals surface area contributed by atoms with Crippen molar-refractivity contribution in [3.05, 3.63) is 42.0 Å². The summed E-state index contributed by atoms with van der Waals surface area (Å²) in [7, 11) is 0. The van der Waals surface area contributed by atoms with Crippen LogP contribution in [0.3, 0.4) is 0 Å². The molecule has 29 heavy (non-hydrogen) atoms. The maximum Gasteiger partial charge on any atom is 0.191 e. The lowest BCUT2D eigenvalue weighted by Gasteiger charge is -2.25. The fourth-order valence-corrected chi connectivity index (χ4v) is 3.18. The third-order valence-corrected chi connectivity index (χ3v) is 4.67. The minimum Gasteiger partial charge on any atom is -0.493 e. The Labute approximate surface area is 190 Å². The van der Waals surface area contributed by atoms with E-state index in [1.54, 1.807) is 6.33 Å². The van der Waals surface area contributed by atoms with Crippen molar-refractivity contribution in [3.63, 3.8) is 0 Å². The zero-order chi connectivity index (χ0) is 19.8. The van der Waals surface area contributed by atoms with Crippen LogP contribution in [-0.2, 0) is 19.4 Å². The van der Waals surface area contributed by atoms with Crippen LogP contribution in [0.4, 0.5) is 0 Å². The largest absolute Gasteiger partial charge is 0.493 e. The van der Waals surface area contributed by atoms with E-state index in [0.29, 0.717) is 12.0 Å². The summed E-state index contributed by atoms with van der Waals surface area (Å²) in [5.74, 6) is 3.40. The molecular formula is C21H33IN6O. The first-order chi connectivity index (χ1) is 13.6. The van der Waals surface area contributed by atoms with Crippen molar-refractivity contribution >= 4 is 29.9 Å². The lowest BCUT2D eigenvalue weighted by molar-refractivity contribution is 0.271. The van der Waals surface area contributed by atoms with Gasteiger partial charge in [0.25, 0.3) is 0 Å². The van der Waals surface area contributed by atoms with Crippen LogP contribution in [-0.4, -0.2) is 46.5 Å². The van der Waals surface area contributed by atoms with Gasteiger partial charge in [0.05, 0.1) is 13.2 Å². The Morgan fingerprint density at radius 3 is 2.83 bits per heavy atom. The van der Waals surface area contributed by atoms with E-state index in [2.05, 4.69) is 53.6 Å². The molecule has 1 aliphatic heterocycles. The van der Waals surface area contributed by atoms with Gasteiger partial charge in [0.2, 0.25) is 0 Å². The third kappa shape index (κ3) is 7.49. The molecule has 1 unspecified atom stereocenters. The van der Waals surface area contributed by atoms with E-state index in [9.17, 15) is 0 Å². The van der Waals surface area contributed by atoms with Gasteiger partial charge in [-0.2, -0.15) is 5.10 Å². The number of benzene rings is 1. The molecule has 8 heteroatoms. The summed E-state index contributed by atoms with van der Waals surface area (Å²) in [4.78, 5) is 9.03. The van der Waals surface area contributed by atoms with Crippen LogP contribution < -0.4 is 15.4 Å². The average molecular weight is 512 g/mol. The summed E-state index contributed by atoms with van der Waals surface area (Å²) in [6.45, 7) is 9.55. The summed E-state index contributed by atoms with van der Waals surface area (Å²) in [6.07, 6.45) is 4.53. The van der Waals surface area contributed by atoms with E-state index in [4.69, 9.17) is 9.73 Å². The zero-order valence-electron chi connectivity index (χ0n) is 17.6. The summed E-state index contributed by atoms with van der Waals surface area (Å²) >= 11 is 0. The second-order valence-corrected chi connectivity index (χ2v) is 7.60. The van der Waals surface area contributed by atoms with Crippen molar-refractivity contribution in [2.45, 2.75) is 52.6 Å². The highest BCUT2D eigenvalue weighted by Gasteiger charge is 2.20. The number of ether oxygens (including phenoxy) is 1. The van der Waals surface area contributed by atoms with Crippen LogP contribution in [0.15, 0.2) is 35.6 Å². The quantitative estimate of drug-likeness (QED) is 0.323. The molecule has 0 radical (unpaired) electrons. The van der Waals surface area contributed by atoms with Gasteiger partial charge < -0.3 is 15.4 Å². The topological polar surface area (TPSA) is 76.4 Å². The molecule has 0 saturated heterocycles. The number of fused-ring (bicyclic) bond motifs is 1. The third-order valence-electron chi connectivity index (χ3n) is 4.67. The highest BCUT2D eigenvalue weighted by molar-refractivity contribution is 14.0. The Morgan fingerprint density at radius 2 is 2.10 bits per heavy atom. The van der Waals surface area contributed by atoms with Crippen LogP contribution >= 0.6 is 24.0 Å². The Hall–Kier alpha value is -1.84. The fourth-order valence-electron chi connectivity index (χ4n) is 3.18. The van der Waals surface area contributed by atoms with Crippen molar-refractivity contribution in [1.82, 2.24) is 25.4 Å². The molecule has 0 saturated carbocycles. The molecule has 1 aromatic heterocycles. The van der Waals surface area contributed by atoms with E-state index in [1.165, 1.54) is 5.56 Å². The van der Waals surface area contributed by atoms with Crippen molar-refractivity contribution in [2.24, 2.45) is 10.9 Å². The zero-order valence-corrected chi connectivity index (χ0v) is 19.9. The van der Waals surface area contributed by atoms with E-state index in [1.807, 2.05) is 16.8 Å². The number of aryl methyl sites for hydroxylation is 1. The molecule has 0 amide bonds. The van der Waals surface area contributed by atoms with Gasteiger partial charge in [0.15, 0.2) is 5.96 Å². The van der Waals surface area contributed by atoms with Crippen molar-refractivity contribution in [1.29, 1.82) is 0 Å². The van der Waals surface area contributed by atoms with Gasteiger partial charge in [-0.3, -0.25) is 4.99 Å². The van der Waals surface area contributed by atoms with Gasteiger partial charge in [-0.25, -0.2) is 9.67 Å². The Balaban J connectivity index is 0.00000300. The SMILES string of the molecule is CCNC(=NCCc1ccc(OCC(C)C)cc1)NC1CCc2ncnn2C1.I. The Morgan fingerprint density at radius 1 is 1.31 bits per heavy atom. The molecule has 0 aliphatic carbocycles. The number of hydrogen-bond acceptors (Lipinski definition) is 4. The number of nitrogens with one attached hydrogen (secondary N) is 2. The predicted octanol–water partition coefficient (Wildman–Crippen LogP) is 3.04.